The zero-order valence-electron chi connectivity index (χ0n) is 9.84. The summed E-state index contributed by atoms with van der Waals surface area (Å²) in [6.07, 6.45) is 8.47. The predicted molar refractivity (Wildman–Crippen MR) is 70.4 cm³/mol. The molecule has 0 aromatic carbocycles. The van der Waals surface area contributed by atoms with Gasteiger partial charge in [0, 0.05) is 25.5 Å². The van der Waals surface area contributed by atoms with Crippen molar-refractivity contribution in [3.8, 4) is 0 Å². The number of nitrogens with zero attached hydrogens (tertiary/aromatic N) is 4. The molecule has 1 amide bonds. The lowest BCUT2D eigenvalue weighted by Gasteiger charge is -2.26. The maximum absolute atomic E-state index is 12.4. The normalized spacial score (nSPS) is 16.2. The summed E-state index contributed by atoms with van der Waals surface area (Å²) in [4.78, 5) is 22.7. The van der Waals surface area contributed by atoms with Gasteiger partial charge in [0.2, 0.25) is 0 Å². The van der Waals surface area contributed by atoms with Crippen molar-refractivity contribution in [1.82, 2.24) is 19.3 Å². The van der Waals surface area contributed by atoms with Crippen molar-refractivity contribution in [3.63, 3.8) is 0 Å². The maximum Gasteiger partial charge on any atom is 0.276 e. The van der Waals surface area contributed by atoms with E-state index in [0.29, 0.717) is 11.3 Å². The third kappa shape index (κ3) is 1.90. The minimum atomic E-state index is -0.0154. The van der Waals surface area contributed by atoms with Crippen LogP contribution in [0.4, 0.5) is 0 Å². The highest BCUT2D eigenvalue weighted by Gasteiger charge is 2.22. The van der Waals surface area contributed by atoms with Crippen LogP contribution in [0.1, 0.15) is 29.8 Å². The molecule has 0 saturated carbocycles. The number of fused-ring (bicyclic) bond motifs is 1. The van der Waals surface area contributed by atoms with Crippen LogP contribution in [0, 0.1) is 0 Å². The van der Waals surface area contributed by atoms with Crippen molar-refractivity contribution in [2.24, 2.45) is 0 Å². The number of hydrogen-bond donors (Lipinski definition) is 0. The molecule has 2 aromatic heterocycles. The minimum Gasteiger partial charge on any atom is -0.337 e. The van der Waals surface area contributed by atoms with Gasteiger partial charge in [0.25, 0.3) is 5.91 Å². The molecule has 0 unspecified atom stereocenters. The van der Waals surface area contributed by atoms with E-state index in [0.717, 1.165) is 30.5 Å². The quantitative estimate of drug-likeness (QED) is 0.811. The van der Waals surface area contributed by atoms with Crippen molar-refractivity contribution in [3.05, 3.63) is 28.9 Å². The Morgan fingerprint density at radius 2 is 2.00 bits per heavy atom. The van der Waals surface area contributed by atoms with Gasteiger partial charge in [-0.1, -0.05) is 0 Å². The Balaban J connectivity index is 2.00. The number of carbonyl (C=O) groups is 1. The molecule has 0 bridgehead atoms. The number of imidazole rings is 1. The second-order valence-corrected chi connectivity index (χ2v) is 5.22. The first-order chi connectivity index (χ1) is 8.77. The van der Waals surface area contributed by atoms with E-state index in [2.05, 4.69) is 25.9 Å². The Bertz CT molecular complexity index is 589. The lowest BCUT2D eigenvalue weighted by atomic mass is 10.1. The van der Waals surface area contributed by atoms with E-state index in [1.165, 1.54) is 6.42 Å². The third-order valence-electron chi connectivity index (χ3n) is 3.23. The Morgan fingerprint density at radius 1 is 1.22 bits per heavy atom. The van der Waals surface area contributed by atoms with Crippen molar-refractivity contribution in [1.29, 1.82) is 0 Å². The van der Waals surface area contributed by atoms with E-state index in [4.69, 9.17) is 0 Å². The van der Waals surface area contributed by atoms with Gasteiger partial charge in [0.15, 0.2) is 11.3 Å². The van der Waals surface area contributed by atoms with E-state index in [1.807, 2.05) is 9.30 Å². The number of aromatic nitrogens is 3. The van der Waals surface area contributed by atoms with E-state index < -0.39 is 0 Å². The lowest BCUT2D eigenvalue weighted by molar-refractivity contribution is 0.0720. The zero-order valence-corrected chi connectivity index (χ0v) is 11.4. The van der Waals surface area contributed by atoms with Crippen LogP contribution < -0.4 is 0 Å². The van der Waals surface area contributed by atoms with Crippen LogP contribution in [0.5, 0.6) is 0 Å². The van der Waals surface area contributed by atoms with Crippen molar-refractivity contribution < 1.29 is 4.79 Å². The zero-order chi connectivity index (χ0) is 12.5. The fourth-order valence-electron chi connectivity index (χ4n) is 2.29. The Hall–Kier alpha value is -1.43. The molecule has 2 aromatic rings. The number of carbonyl (C=O) groups excluding carboxylic acids is 1. The molecule has 0 atom stereocenters. The molecular formula is C12H13BrN4O. The van der Waals surface area contributed by atoms with Gasteiger partial charge in [0.1, 0.15) is 4.60 Å². The first kappa shape index (κ1) is 11.6. The van der Waals surface area contributed by atoms with Crippen LogP contribution in [-0.4, -0.2) is 38.3 Å². The summed E-state index contributed by atoms with van der Waals surface area (Å²) >= 11 is 3.39. The van der Waals surface area contributed by atoms with Gasteiger partial charge in [0.05, 0.1) is 6.20 Å². The molecule has 0 N–H and O–H groups in total. The fraction of sp³-hybridized carbons (Fsp3) is 0.417. The molecule has 0 radical (unpaired) electrons. The lowest BCUT2D eigenvalue weighted by Crippen LogP contribution is -2.36. The highest BCUT2D eigenvalue weighted by molar-refractivity contribution is 9.10. The number of piperidine rings is 1. The second-order valence-electron chi connectivity index (χ2n) is 4.40. The monoisotopic (exact) mass is 308 g/mol. The molecule has 5 nitrogen and oxygen atoms in total. The Labute approximate surface area is 113 Å². The predicted octanol–water partition coefficient (Wildman–Crippen LogP) is 2.12. The van der Waals surface area contributed by atoms with Crippen LogP contribution >= 0.6 is 15.9 Å². The molecule has 0 spiro atoms. The highest BCUT2D eigenvalue weighted by Crippen LogP contribution is 2.17. The molecule has 1 aliphatic rings. The highest BCUT2D eigenvalue weighted by atomic mass is 79.9. The largest absolute Gasteiger partial charge is 0.337 e. The topological polar surface area (TPSA) is 50.5 Å². The van der Waals surface area contributed by atoms with Gasteiger partial charge in [-0.2, -0.15) is 0 Å². The minimum absolute atomic E-state index is 0.0154. The molecule has 3 rings (SSSR count). The molecule has 1 aliphatic heterocycles. The molecule has 6 heteroatoms. The van der Waals surface area contributed by atoms with Crippen LogP contribution in [0.3, 0.4) is 0 Å². The summed E-state index contributed by atoms with van der Waals surface area (Å²) < 4.78 is 2.65. The number of halogens is 1. The summed E-state index contributed by atoms with van der Waals surface area (Å²) in [6.45, 7) is 1.65. The van der Waals surface area contributed by atoms with E-state index in [1.54, 1.807) is 18.6 Å². The van der Waals surface area contributed by atoms with Crippen molar-refractivity contribution in [2.45, 2.75) is 19.3 Å². The van der Waals surface area contributed by atoms with E-state index in [9.17, 15) is 4.79 Å². The number of hydrogen-bond acceptors (Lipinski definition) is 3. The number of likely N-dealkylation sites (tertiary alicyclic amines) is 1. The molecule has 1 saturated heterocycles. The fourth-order valence-corrected chi connectivity index (χ4v) is 2.68. The Morgan fingerprint density at radius 3 is 2.78 bits per heavy atom. The molecule has 3 heterocycles. The molecular weight excluding hydrogens is 296 g/mol. The summed E-state index contributed by atoms with van der Waals surface area (Å²) in [5.74, 6) is -0.0154. The van der Waals surface area contributed by atoms with E-state index in [-0.39, 0.29) is 5.91 Å². The first-order valence-electron chi connectivity index (χ1n) is 6.04. The summed E-state index contributed by atoms with van der Waals surface area (Å²) in [5, 5.41) is 0. The van der Waals surface area contributed by atoms with Crippen LogP contribution in [0.15, 0.2) is 23.2 Å². The summed E-state index contributed by atoms with van der Waals surface area (Å²) in [6, 6.07) is 0. The van der Waals surface area contributed by atoms with Crippen LogP contribution in [-0.2, 0) is 0 Å². The van der Waals surface area contributed by atoms with Gasteiger partial charge < -0.3 is 4.90 Å². The van der Waals surface area contributed by atoms with Gasteiger partial charge in [-0.05, 0) is 35.2 Å². The number of amides is 1. The summed E-state index contributed by atoms with van der Waals surface area (Å²) in [7, 11) is 0. The van der Waals surface area contributed by atoms with Crippen LogP contribution in [0.2, 0.25) is 0 Å². The van der Waals surface area contributed by atoms with Crippen molar-refractivity contribution >= 4 is 27.5 Å². The molecule has 0 aliphatic carbocycles. The average molecular weight is 309 g/mol. The number of rotatable bonds is 1. The summed E-state index contributed by atoms with van der Waals surface area (Å²) in [5.41, 5.74) is 1.05. The van der Waals surface area contributed by atoms with Gasteiger partial charge in [-0.15, -0.1) is 0 Å². The first-order valence-corrected chi connectivity index (χ1v) is 6.83. The van der Waals surface area contributed by atoms with Crippen molar-refractivity contribution in [2.75, 3.05) is 13.1 Å². The molecule has 94 valence electrons. The van der Waals surface area contributed by atoms with E-state index >= 15 is 0 Å². The van der Waals surface area contributed by atoms with Gasteiger partial charge >= 0.3 is 0 Å². The molecule has 1 fully saturated rings. The third-order valence-corrected chi connectivity index (χ3v) is 3.82. The van der Waals surface area contributed by atoms with Gasteiger partial charge in [-0.25, -0.2) is 9.97 Å². The Kier molecular flexibility index (Phi) is 3.03. The molecule has 18 heavy (non-hydrogen) atoms. The smallest absolute Gasteiger partial charge is 0.276 e. The SMILES string of the molecule is O=C(c1nccn2c(Br)cnc12)N1CCCCC1. The van der Waals surface area contributed by atoms with Gasteiger partial charge in [-0.3, -0.25) is 9.20 Å². The average Bonchev–Trinajstić information content (AvgIpc) is 2.81. The maximum atomic E-state index is 12.4. The second kappa shape index (κ2) is 4.68. The standard InChI is InChI=1S/C12H13BrN4O/c13-9-8-15-11-10(14-4-7-17(9)11)12(18)16-5-2-1-3-6-16/h4,7-8H,1-3,5-6H2. The van der Waals surface area contributed by atoms with Crippen LogP contribution in [0.25, 0.3) is 5.65 Å².